The first-order valence-corrected chi connectivity index (χ1v) is 8.05. The van der Waals surface area contributed by atoms with Gasteiger partial charge in [-0.3, -0.25) is 0 Å². The van der Waals surface area contributed by atoms with Gasteiger partial charge in [0.2, 0.25) is 0 Å². The van der Waals surface area contributed by atoms with Crippen molar-refractivity contribution < 1.29 is 28.2 Å². The molecule has 0 N–H and O–H groups in total. The van der Waals surface area contributed by atoms with Gasteiger partial charge in [-0.15, -0.1) is 0 Å². The summed E-state index contributed by atoms with van der Waals surface area (Å²) in [6.07, 6.45) is 0. The highest BCUT2D eigenvalue weighted by atomic mass is 16.5. The van der Waals surface area contributed by atoms with Gasteiger partial charge in [0.15, 0.2) is 0 Å². The van der Waals surface area contributed by atoms with Crippen molar-refractivity contribution in [2.75, 3.05) is 21.3 Å². The molecule has 0 unspecified atom stereocenters. The Hall–Kier alpha value is -3.48. The van der Waals surface area contributed by atoms with Gasteiger partial charge < -0.3 is 23.4 Å². The number of carbonyl (C=O) groups is 1. The van der Waals surface area contributed by atoms with E-state index >= 15 is 0 Å². The van der Waals surface area contributed by atoms with Gasteiger partial charge in [-0.25, -0.2) is 9.59 Å². The fourth-order valence-corrected chi connectivity index (χ4v) is 2.64. The Morgan fingerprint density at radius 3 is 2.33 bits per heavy atom. The van der Waals surface area contributed by atoms with Gasteiger partial charge in [0, 0.05) is 29.1 Å². The maximum atomic E-state index is 12.5. The number of hydrogen-bond acceptors (Lipinski definition) is 7. The largest absolute Gasteiger partial charge is 0.497 e. The van der Waals surface area contributed by atoms with Gasteiger partial charge in [0.1, 0.15) is 35.0 Å². The summed E-state index contributed by atoms with van der Waals surface area (Å²) in [7, 11) is 4.50. The molecule has 0 saturated heterocycles. The Balaban J connectivity index is 1.86. The number of hydrogen-bond donors (Lipinski definition) is 0. The molecule has 2 aromatic carbocycles. The number of carbonyl (C=O) groups excluding carboxylic acids is 1. The van der Waals surface area contributed by atoms with Crippen molar-refractivity contribution in [3.05, 3.63) is 64.0 Å². The lowest BCUT2D eigenvalue weighted by Gasteiger charge is -2.11. The molecule has 3 rings (SSSR count). The maximum absolute atomic E-state index is 12.5. The second-order valence-corrected chi connectivity index (χ2v) is 5.60. The van der Waals surface area contributed by atoms with E-state index in [1.807, 2.05) is 0 Å². The highest BCUT2D eigenvalue weighted by molar-refractivity contribution is 5.93. The van der Waals surface area contributed by atoms with E-state index in [2.05, 4.69) is 0 Å². The van der Waals surface area contributed by atoms with Gasteiger partial charge in [0.05, 0.1) is 21.3 Å². The number of rotatable bonds is 6. The first kappa shape index (κ1) is 18.3. The first-order valence-electron chi connectivity index (χ1n) is 8.05. The molecule has 0 fully saturated rings. The smallest absolute Gasteiger partial charge is 0.342 e. The zero-order valence-electron chi connectivity index (χ0n) is 15.1. The van der Waals surface area contributed by atoms with Crippen molar-refractivity contribution in [1.82, 2.24) is 0 Å². The molecule has 0 atom stereocenters. The third-order valence-electron chi connectivity index (χ3n) is 4.02. The molecule has 0 bridgehead atoms. The van der Waals surface area contributed by atoms with Crippen LogP contribution in [0.4, 0.5) is 0 Å². The van der Waals surface area contributed by atoms with Crippen molar-refractivity contribution in [3.8, 4) is 17.2 Å². The molecule has 0 aliphatic heterocycles. The average Bonchev–Trinajstić information content (AvgIpc) is 2.70. The van der Waals surface area contributed by atoms with Crippen LogP contribution >= 0.6 is 0 Å². The minimum Gasteiger partial charge on any atom is -0.497 e. The summed E-state index contributed by atoms with van der Waals surface area (Å²) >= 11 is 0. The fraction of sp³-hybridized carbons (Fsp3) is 0.200. The lowest BCUT2D eigenvalue weighted by Crippen LogP contribution is -2.09. The number of methoxy groups -OCH3 is 3. The van der Waals surface area contributed by atoms with E-state index < -0.39 is 11.6 Å². The number of fused-ring (bicyclic) bond motifs is 1. The van der Waals surface area contributed by atoms with Crippen molar-refractivity contribution in [2.24, 2.45) is 0 Å². The lowest BCUT2D eigenvalue weighted by molar-refractivity contribution is 0.0470. The Morgan fingerprint density at radius 2 is 1.63 bits per heavy atom. The fourth-order valence-electron chi connectivity index (χ4n) is 2.64. The van der Waals surface area contributed by atoms with Crippen molar-refractivity contribution in [3.63, 3.8) is 0 Å². The molecule has 0 spiro atoms. The van der Waals surface area contributed by atoms with Crippen molar-refractivity contribution in [1.29, 1.82) is 0 Å². The Morgan fingerprint density at radius 1 is 0.926 bits per heavy atom. The second kappa shape index (κ2) is 7.82. The molecule has 7 heteroatoms. The molecular formula is C20H18O7. The van der Waals surface area contributed by atoms with E-state index in [1.165, 1.54) is 27.4 Å². The third kappa shape index (κ3) is 3.87. The molecule has 3 aromatic rings. The minimum absolute atomic E-state index is 0.0948. The number of ether oxygens (including phenoxy) is 4. The van der Waals surface area contributed by atoms with Crippen LogP contribution in [0.2, 0.25) is 0 Å². The summed E-state index contributed by atoms with van der Waals surface area (Å²) < 4.78 is 26.0. The van der Waals surface area contributed by atoms with Gasteiger partial charge in [-0.2, -0.15) is 0 Å². The Bertz CT molecular complexity index is 1040. The average molecular weight is 370 g/mol. The molecule has 0 saturated carbocycles. The lowest BCUT2D eigenvalue weighted by atomic mass is 10.1. The summed E-state index contributed by atoms with van der Waals surface area (Å²) in [4.78, 5) is 24.3. The van der Waals surface area contributed by atoms with E-state index in [0.29, 0.717) is 33.8 Å². The predicted molar refractivity (Wildman–Crippen MR) is 97.7 cm³/mol. The molecule has 140 valence electrons. The molecular weight excluding hydrogens is 352 g/mol. The molecule has 0 aliphatic carbocycles. The topological polar surface area (TPSA) is 84.2 Å². The zero-order valence-corrected chi connectivity index (χ0v) is 15.1. The van der Waals surface area contributed by atoms with Gasteiger partial charge >= 0.3 is 11.6 Å². The zero-order chi connectivity index (χ0) is 19.4. The molecule has 7 nitrogen and oxygen atoms in total. The monoisotopic (exact) mass is 370 g/mol. The quantitative estimate of drug-likeness (QED) is 0.487. The van der Waals surface area contributed by atoms with Crippen molar-refractivity contribution in [2.45, 2.75) is 6.61 Å². The van der Waals surface area contributed by atoms with Crippen LogP contribution in [-0.2, 0) is 11.3 Å². The van der Waals surface area contributed by atoms with E-state index in [-0.39, 0.29) is 12.2 Å². The molecule has 0 amide bonds. The SMILES string of the molecule is COc1ccc(C(=O)OCc2cc(=O)oc3cc(OC)ccc23)c(OC)c1. The van der Waals surface area contributed by atoms with Crippen LogP contribution in [0, 0.1) is 0 Å². The molecule has 1 heterocycles. The van der Waals surface area contributed by atoms with Crippen LogP contribution in [0.3, 0.4) is 0 Å². The Labute approximate surface area is 155 Å². The van der Waals surface area contributed by atoms with Gasteiger partial charge in [-0.1, -0.05) is 0 Å². The van der Waals surface area contributed by atoms with Crippen LogP contribution in [0.15, 0.2) is 51.7 Å². The summed E-state index contributed by atoms with van der Waals surface area (Å²) in [6, 6.07) is 11.2. The van der Waals surface area contributed by atoms with Crippen LogP contribution < -0.4 is 19.8 Å². The summed E-state index contributed by atoms with van der Waals surface area (Å²) in [6.45, 7) is -0.0948. The van der Waals surface area contributed by atoms with E-state index in [0.717, 1.165) is 0 Å². The molecule has 1 aromatic heterocycles. The molecule has 0 radical (unpaired) electrons. The predicted octanol–water partition coefficient (Wildman–Crippen LogP) is 3.18. The van der Waals surface area contributed by atoms with Crippen LogP contribution in [0.5, 0.6) is 17.2 Å². The second-order valence-electron chi connectivity index (χ2n) is 5.60. The van der Waals surface area contributed by atoms with Gasteiger partial charge in [0.25, 0.3) is 0 Å². The van der Waals surface area contributed by atoms with E-state index in [1.54, 1.807) is 36.4 Å². The molecule has 27 heavy (non-hydrogen) atoms. The highest BCUT2D eigenvalue weighted by Gasteiger charge is 2.16. The van der Waals surface area contributed by atoms with Crippen LogP contribution in [0.1, 0.15) is 15.9 Å². The standard InChI is InChI=1S/C20H18O7/c1-23-13-5-7-16(17(9-13)25-3)20(22)26-11-12-8-19(21)27-18-10-14(24-2)4-6-15(12)18/h4-10H,11H2,1-3H3. The summed E-state index contributed by atoms with van der Waals surface area (Å²) in [5, 5.41) is 0.657. The van der Waals surface area contributed by atoms with E-state index in [4.69, 9.17) is 23.4 Å². The van der Waals surface area contributed by atoms with Gasteiger partial charge in [-0.05, 0) is 24.3 Å². The highest BCUT2D eigenvalue weighted by Crippen LogP contribution is 2.26. The molecule has 0 aliphatic rings. The van der Waals surface area contributed by atoms with Crippen LogP contribution in [0.25, 0.3) is 11.0 Å². The summed E-state index contributed by atoms with van der Waals surface area (Å²) in [5.41, 5.74) is 0.607. The summed E-state index contributed by atoms with van der Waals surface area (Å²) in [5.74, 6) is 0.873. The normalized spacial score (nSPS) is 10.5. The maximum Gasteiger partial charge on any atom is 0.342 e. The third-order valence-corrected chi connectivity index (χ3v) is 4.02. The Kier molecular flexibility index (Phi) is 5.30. The number of esters is 1. The van der Waals surface area contributed by atoms with Crippen molar-refractivity contribution >= 4 is 16.9 Å². The van der Waals surface area contributed by atoms with E-state index in [9.17, 15) is 9.59 Å². The minimum atomic E-state index is -0.579. The first-order chi connectivity index (χ1) is 13.0. The van der Waals surface area contributed by atoms with Crippen LogP contribution in [-0.4, -0.2) is 27.3 Å². The number of benzene rings is 2.